The topological polar surface area (TPSA) is 38.5 Å². The van der Waals surface area contributed by atoms with Crippen molar-refractivity contribution >= 4 is 0 Å². The summed E-state index contributed by atoms with van der Waals surface area (Å²) in [6.07, 6.45) is 1.12. The van der Waals surface area contributed by atoms with Gasteiger partial charge >= 0.3 is 0 Å². The Balaban J connectivity index is 1.82. The fourth-order valence-corrected chi connectivity index (χ4v) is 3.90. The minimum Gasteiger partial charge on any atom is -0.379 e. The number of rotatable bonds is 7. The van der Waals surface area contributed by atoms with Gasteiger partial charge in [-0.3, -0.25) is 4.90 Å². The predicted octanol–water partition coefficient (Wildman–Crippen LogP) is 3.42. The first kappa shape index (κ1) is 18.1. The Morgan fingerprint density at radius 2 is 1.68 bits per heavy atom. The second-order valence-electron chi connectivity index (χ2n) is 6.98. The number of aryl methyl sites for hydroxylation is 1. The molecule has 1 aliphatic rings. The van der Waals surface area contributed by atoms with Crippen LogP contribution in [0.5, 0.6) is 0 Å². The molecule has 2 aromatic rings. The fraction of sp³-hybridized carbons (Fsp3) is 0.455. The number of hydrogen-bond donors (Lipinski definition) is 1. The summed E-state index contributed by atoms with van der Waals surface area (Å²) in [4.78, 5) is 2.51. The summed E-state index contributed by atoms with van der Waals surface area (Å²) in [7, 11) is 0. The van der Waals surface area contributed by atoms with E-state index in [-0.39, 0.29) is 0 Å². The van der Waals surface area contributed by atoms with Crippen molar-refractivity contribution in [2.24, 2.45) is 11.7 Å². The maximum Gasteiger partial charge on any atom is 0.0594 e. The van der Waals surface area contributed by atoms with Gasteiger partial charge in [0, 0.05) is 19.0 Å². The molecule has 0 aromatic heterocycles. The number of morpholine rings is 1. The first-order chi connectivity index (χ1) is 12.3. The Hall–Kier alpha value is -1.68. The van der Waals surface area contributed by atoms with Crippen LogP contribution in [-0.2, 0) is 4.74 Å². The van der Waals surface area contributed by atoms with Crippen molar-refractivity contribution in [2.75, 3.05) is 39.4 Å². The van der Waals surface area contributed by atoms with E-state index in [1.54, 1.807) is 0 Å². The predicted molar refractivity (Wildman–Crippen MR) is 104 cm³/mol. The molecule has 2 aromatic carbocycles. The highest BCUT2D eigenvalue weighted by Gasteiger charge is 2.25. The van der Waals surface area contributed by atoms with Crippen molar-refractivity contribution in [1.82, 2.24) is 4.90 Å². The third-order valence-electron chi connectivity index (χ3n) is 5.38. The fourth-order valence-electron chi connectivity index (χ4n) is 3.90. The molecule has 3 heteroatoms. The SMILES string of the molecule is Cc1ccccc1C(c1ccccc1)C(CN)CCN1CCOCC1. The van der Waals surface area contributed by atoms with Gasteiger partial charge in [0.25, 0.3) is 0 Å². The lowest BCUT2D eigenvalue weighted by Gasteiger charge is -2.32. The average molecular weight is 338 g/mol. The lowest BCUT2D eigenvalue weighted by Crippen LogP contribution is -2.38. The molecule has 1 fully saturated rings. The first-order valence-electron chi connectivity index (χ1n) is 9.40. The third-order valence-corrected chi connectivity index (χ3v) is 5.38. The maximum absolute atomic E-state index is 6.27. The lowest BCUT2D eigenvalue weighted by atomic mass is 9.77. The molecule has 3 nitrogen and oxygen atoms in total. The molecular formula is C22H30N2O. The summed E-state index contributed by atoms with van der Waals surface area (Å²) < 4.78 is 5.47. The van der Waals surface area contributed by atoms with Crippen LogP contribution < -0.4 is 5.73 Å². The Morgan fingerprint density at radius 3 is 2.36 bits per heavy atom. The summed E-state index contributed by atoms with van der Waals surface area (Å²) in [6, 6.07) is 19.6. The van der Waals surface area contributed by atoms with Gasteiger partial charge in [-0.05, 0) is 49.0 Å². The van der Waals surface area contributed by atoms with Crippen LogP contribution in [0.25, 0.3) is 0 Å². The van der Waals surface area contributed by atoms with Crippen molar-refractivity contribution in [2.45, 2.75) is 19.3 Å². The van der Waals surface area contributed by atoms with Gasteiger partial charge in [0.15, 0.2) is 0 Å². The lowest BCUT2D eigenvalue weighted by molar-refractivity contribution is 0.0352. The number of nitrogens with zero attached hydrogens (tertiary/aromatic N) is 1. The van der Waals surface area contributed by atoms with Crippen molar-refractivity contribution in [3.63, 3.8) is 0 Å². The van der Waals surface area contributed by atoms with Crippen LogP contribution in [0.4, 0.5) is 0 Å². The molecule has 0 amide bonds. The summed E-state index contributed by atoms with van der Waals surface area (Å²) >= 11 is 0. The van der Waals surface area contributed by atoms with Crippen molar-refractivity contribution < 1.29 is 4.74 Å². The van der Waals surface area contributed by atoms with E-state index in [1.165, 1.54) is 16.7 Å². The minimum absolute atomic E-state index is 0.355. The maximum atomic E-state index is 6.27. The summed E-state index contributed by atoms with van der Waals surface area (Å²) in [5.41, 5.74) is 10.4. The molecule has 2 N–H and O–H groups in total. The largest absolute Gasteiger partial charge is 0.379 e. The quantitative estimate of drug-likeness (QED) is 0.841. The monoisotopic (exact) mass is 338 g/mol. The van der Waals surface area contributed by atoms with Gasteiger partial charge in [0.1, 0.15) is 0 Å². The average Bonchev–Trinajstić information content (AvgIpc) is 2.67. The molecule has 134 valence electrons. The molecule has 1 heterocycles. The molecule has 2 unspecified atom stereocenters. The number of benzene rings is 2. The van der Waals surface area contributed by atoms with Crippen molar-refractivity contribution in [1.29, 1.82) is 0 Å². The highest BCUT2D eigenvalue weighted by atomic mass is 16.5. The van der Waals surface area contributed by atoms with Gasteiger partial charge in [-0.1, -0.05) is 54.6 Å². The van der Waals surface area contributed by atoms with E-state index in [0.29, 0.717) is 18.4 Å². The molecule has 25 heavy (non-hydrogen) atoms. The van der Waals surface area contributed by atoms with Gasteiger partial charge in [0.2, 0.25) is 0 Å². The number of ether oxygens (including phenoxy) is 1. The van der Waals surface area contributed by atoms with Crippen LogP contribution >= 0.6 is 0 Å². The van der Waals surface area contributed by atoms with Gasteiger partial charge in [0.05, 0.1) is 13.2 Å². The van der Waals surface area contributed by atoms with E-state index in [2.05, 4.69) is 66.4 Å². The second-order valence-corrected chi connectivity index (χ2v) is 6.98. The molecule has 0 saturated carbocycles. The smallest absolute Gasteiger partial charge is 0.0594 e. The van der Waals surface area contributed by atoms with E-state index in [1.807, 2.05) is 0 Å². The highest BCUT2D eigenvalue weighted by Crippen LogP contribution is 2.35. The summed E-state index contributed by atoms with van der Waals surface area (Å²) in [5, 5.41) is 0. The van der Waals surface area contributed by atoms with Crippen LogP contribution in [-0.4, -0.2) is 44.3 Å². The first-order valence-corrected chi connectivity index (χ1v) is 9.40. The van der Waals surface area contributed by atoms with Crippen molar-refractivity contribution in [3.05, 3.63) is 71.3 Å². The Morgan fingerprint density at radius 1 is 1.00 bits per heavy atom. The Bertz CT molecular complexity index is 637. The minimum atomic E-state index is 0.355. The molecule has 0 radical (unpaired) electrons. The molecule has 0 spiro atoms. The highest BCUT2D eigenvalue weighted by molar-refractivity contribution is 5.38. The third kappa shape index (κ3) is 4.69. The summed E-state index contributed by atoms with van der Waals surface area (Å²) in [5.74, 6) is 0.791. The Labute approximate surface area is 151 Å². The zero-order valence-electron chi connectivity index (χ0n) is 15.2. The van der Waals surface area contributed by atoms with Crippen LogP contribution in [0, 0.1) is 12.8 Å². The summed E-state index contributed by atoms with van der Waals surface area (Å²) in [6.45, 7) is 7.80. The Kier molecular flexibility index (Phi) is 6.62. The number of hydrogen-bond acceptors (Lipinski definition) is 3. The van der Waals surface area contributed by atoms with Crippen molar-refractivity contribution in [3.8, 4) is 0 Å². The number of nitrogens with two attached hydrogens (primary N) is 1. The van der Waals surface area contributed by atoms with Gasteiger partial charge in [-0.2, -0.15) is 0 Å². The zero-order chi connectivity index (χ0) is 17.5. The molecule has 0 aliphatic carbocycles. The van der Waals surface area contributed by atoms with Crippen LogP contribution in [0.3, 0.4) is 0 Å². The van der Waals surface area contributed by atoms with Gasteiger partial charge in [-0.25, -0.2) is 0 Å². The molecule has 1 saturated heterocycles. The molecule has 2 atom stereocenters. The van der Waals surface area contributed by atoms with Crippen LogP contribution in [0.2, 0.25) is 0 Å². The van der Waals surface area contributed by atoms with E-state index in [0.717, 1.165) is 39.3 Å². The standard InChI is InChI=1S/C22H30N2O/c1-18-7-5-6-10-21(18)22(19-8-3-2-4-9-19)20(17-23)11-12-24-13-15-25-16-14-24/h2-10,20,22H,11-17,23H2,1H3. The van der Waals surface area contributed by atoms with E-state index in [4.69, 9.17) is 10.5 Å². The molecule has 1 aliphatic heterocycles. The molecular weight excluding hydrogens is 308 g/mol. The van der Waals surface area contributed by atoms with Crippen LogP contribution in [0.15, 0.2) is 54.6 Å². The molecule has 3 rings (SSSR count). The van der Waals surface area contributed by atoms with Gasteiger partial charge < -0.3 is 10.5 Å². The van der Waals surface area contributed by atoms with Gasteiger partial charge in [-0.15, -0.1) is 0 Å². The second kappa shape index (κ2) is 9.14. The van der Waals surface area contributed by atoms with E-state index in [9.17, 15) is 0 Å². The van der Waals surface area contributed by atoms with Crippen LogP contribution in [0.1, 0.15) is 29.0 Å². The molecule has 0 bridgehead atoms. The van der Waals surface area contributed by atoms with E-state index < -0.39 is 0 Å². The normalized spacial score (nSPS) is 18.0. The zero-order valence-corrected chi connectivity index (χ0v) is 15.2. The van der Waals surface area contributed by atoms with E-state index >= 15 is 0 Å².